The SMILES string of the molecule is NC1(CCc2c[nH]c3ncncc23)CC1. The van der Waals surface area contributed by atoms with Crippen LogP contribution >= 0.6 is 0 Å². The number of hydrogen-bond acceptors (Lipinski definition) is 3. The van der Waals surface area contributed by atoms with Crippen molar-refractivity contribution in [3.05, 3.63) is 24.3 Å². The van der Waals surface area contributed by atoms with Gasteiger partial charge in [0, 0.05) is 23.3 Å². The number of nitrogens with two attached hydrogens (primary N) is 1. The summed E-state index contributed by atoms with van der Waals surface area (Å²) in [6, 6.07) is 0. The van der Waals surface area contributed by atoms with Crippen molar-refractivity contribution in [2.75, 3.05) is 0 Å². The van der Waals surface area contributed by atoms with Crippen LogP contribution in [0.4, 0.5) is 0 Å². The Balaban J connectivity index is 1.84. The Hall–Kier alpha value is -1.42. The Morgan fingerprint density at radius 2 is 2.33 bits per heavy atom. The quantitative estimate of drug-likeness (QED) is 0.790. The highest BCUT2D eigenvalue weighted by molar-refractivity contribution is 5.78. The first-order valence-electron chi connectivity index (χ1n) is 5.32. The van der Waals surface area contributed by atoms with Crippen molar-refractivity contribution >= 4 is 11.0 Å². The topological polar surface area (TPSA) is 67.6 Å². The van der Waals surface area contributed by atoms with Crippen LogP contribution in [0, 0.1) is 0 Å². The van der Waals surface area contributed by atoms with Crippen molar-refractivity contribution in [3.8, 4) is 0 Å². The van der Waals surface area contributed by atoms with Gasteiger partial charge in [-0.25, -0.2) is 9.97 Å². The van der Waals surface area contributed by atoms with Crippen molar-refractivity contribution in [2.24, 2.45) is 5.73 Å². The molecule has 15 heavy (non-hydrogen) atoms. The molecule has 78 valence electrons. The number of nitrogens with zero attached hydrogens (tertiary/aromatic N) is 2. The number of fused-ring (bicyclic) bond motifs is 1. The number of aromatic nitrogens is 3. The average Bonchev–Trinajstić information content (AvgIpc) is 2.86. The molecule has 3 rings (SSSR count). The Bertz CT molecular complexity index is 484. The Morgan fingerprint density at radius 3 is 3.13 bits per heavy atom. The summed E-state index contributed by atoms with van der Waals surface area (Å²) in [5.74, 6) is 0. The molecular weight excluding hydrogens is 188 g/mol. The van der Waals surface area contributed by atoms with E-state index in [4.69, 9.17) is 5.73 Å². The molecule has 4 heteroatoms. The predicted molar refractivity (Wildman–Crippen MR) is 58.4 cm³/mol. The van der Waals surface area contributed by atoms with Gasteiger partial charge in [-0.15, -0.1) is 0 Å². The summed E-state index contributed by atoms with van der Waals surface area (Å²) in [7, 11) is 0. The molecule has 0 unspecified atom stereocenters. The molecule has 1 aliphatic rings. The van der Waals surface area contributed by atoms with E-state index in [0.717, 1.165) is 23.9 Å². The van der Waals surface area contributed by atoms with Gasteiger partial charge in [0.05, 0.1) is 0 Å². The number of aryl methyl sites for hydroxylation is 1. The van der Waals surface area contributed by atoms with Crippen LogP contribution in [0.25, 0.3) is 11.0 Å². The lowest BCUT2D eigenvalue weighted by Gasteiger charge is -2.06. The molecule has 3 N–H and O–H groups in total. The van der Waals surface area contributed by atoms with Gasteiger partial charge in [0.1, 0.15) is 12.0 Å². The maximum atomic E-state index is 6.07. The maximum absolute atomic E-state index is 6.07. The van der Waals surface area contributed by atoms with Crippen LogP contribution in [0.2, 0.25) is 0 Å². The maximum Gasteiger partial charge on any atom is 0.140 e. The van der Waals surface area contributed by atoms with E-state index in [1.165, 1.54) is 18.4 Å². The highest BCUT2D eigenvalue weighted by atomic mass is 14.9. The second-order valence-corrected chi connectivity index (χ2v) is 4.46. The van der Waals surface area contributed by atoms with E-state index in [-0.39, 0.29) is 5.54 Å². The van der Waals surface area contributed by atoms with E-state index in [1.54, 1.807) is 6.33 Å². The minimum atomic E-state index is 0.124. The van der Waals surface area contributed by atoms with Gasteiger partial charge in [0.15, 0.2) is 0 Å². The monoisotopic (exact) mass is 202 g/mol. The third kappa shape index (κ3) is 1.61. The second kappa shape index (κ2) is 3.03. The number of H-pyrrole nitrogens is 1. The summed E-state index contributed by atoms with van der Waals surface area (Å²) in [6.45, 7) is 0. The molecule has 0 spiro atoms. The summed E-state index contributed by atoms with van der Waals surface area (Å²) in [5.41, 5.74) is 8.39. The summed E-state index contributed by atoms with van der Waals surface area (Å²) in [6.07, 6.45) is 9.87. The molecule has 0 aromatic carbocycles. The molecule has 1 fully saturated rings. The average molecular weight is 202 g/mol. The molecule has 0 aliphatic heterocycles. The molecule has 0 amide bonds. The summed E-state index contributed by atoms with van der Waals surface area (Å²) < 4.78 is 0. The van der Waals surface area contributed by atoms with Crippen LogP contribution in [-0.2, 0) is 6.42 Å². The van der Waals surface area contributed by atoms with Gasteiger partial charge in [-0.1, -0.05) is 0 Å². The summed E-state index contributed by atoms with van der Waals surface area (Å²) >= 11 is 0. The molecule has 4 nitrogen and oxygen atoms in total. The first-order chi connectivity index (χ1) is 7.27. The lowest BCUT2D eigenvalue weighted by molar-refractivity contribution is 0.610. The molecule has 1 saturated carbocycles. The summed E-state index contributed by atoms with van der Waals surface area (Å²) in [4.78, 5) is 11.4. The molecule has 2 heterocycles. The van der Waals surface area contributed by atoms with Crippen molar-refractivity contribution in [1.82, 2.24) is 15.0 Å². The smallest absolute Gasteiger partial charge is 0.140 e. The second-order valence-electron chi connectivity index (χ2n) is 4.46. The van der Waals surface area contributed by atoms with E-state index in [9.17, 15) is 0 Å². The zero-order valence-electron chi connectivity index (χ0n) is 8.53. The molecule has 0 saturated heterocycles. The van der Waals surface area contributed by atoms with Gasteiger partial charge in [-0.05, 0) is 31.2 Å². The van der Waals surface area contributed by atoms with Crippen LogP contribution in [0.5, 0.6) is 0 Å². The number of aromatic amines is 1. The fraction of sp³-hybridized carbons (Fsp3) is 0.455. The predicted octanol–water partition coefficient (Wildman–Crippen LogP) is 1.38. The van der Waals surface area contributed by atoms with Crippen molar-refractivity contribution < 1.29 is 0 Å². The number of nitrogens with one attached hydrogen (secondary N) is 1. The molecule has 0 radical (unpaired) electrons. The molecule has 1 aliphatic carbocycles. The van der Waals surface area contributed by atoms with E-state index in [0.29, 0.717) is 0 Å². The lowest BCUT2D eigenvalue weighted by Crippen LogP contribution is -2.21. The number of hydrogen-bond donors (Lipinski definition) is 2. The highest BCUT2D eigenvalue weighted by Gasteiger charge is 2.37. The van der Waals surface area contributed by atoms with Crippen LogP contribution in [-0.4, -0.2) is 20.5 Å². The van der Waals surface area contributed by atoms with Gasteiger partial charge in [-0.3, -0.25) is 0 Å². The largest absolute Gasteiger partial charge is 0.346 e. The Morgan fingerprint density at radius 1 is 1.47 bits per heavy atom. The lowest BCUT2D eigenvalue weighted by atomic mass is 10.1. The van der Waals surface area contributed by atoms with E-state index in [1.807, 2.05) is 12.4 Å². The van der Waals surface area contributed by atoms with Crippen LogP contribution in [0.15, 0.2) is 18.7 Å². The fourth-order valence-corrected chi connectivity index (χ4v) is 1.91. The minimum Gasteiger partial charge on any atom is -0.346 e. The summed E-state index contributed by atoms with van der Waals surface area (Å²) in [5, 5.41) is 1.13. The van der Waals surface area contributed by atoms with Crippen molar-refractivity contribution in [1.29, 1.82) is 0 Å². The fourth-order valence-electron chi connectivity index (χ4n) is 1.91. The van der Waals surface area contributed by atoms with E-state index in [2.05, 4.69) is 15.0 Å². The Labute approximate surface area is 87.9 Å². The van der Waals surface area contributed by atoms with Crippen LogP contribution in [0.1, 0.15) is 24.8 Å². The zero-order chi connectivity index (χ0) is 10.3. The van der Waals surface area contributed by atoms with E-state index >= 15 is 0 Å². The van der Waals surface area contributed by atoms with Crippen molar-refractivity contribution in [2.45, 2.75) is 31.2 Å². The normalized spacial score (nSPS) is 18.2. The highest BCUT2D eigenvalue weighted by Crippen LogP contribution is 2.37. The molecule has 2 aromatic heterocycles. The van der Waals surface area contributed by atoms with Crippen molar-refractivity contribution in [3.63, 3.8) is 0 Å². The first-order valence-corrected chi connectivity index (χ1v) is 5.32. The first kappa shape index (κ1) is 8.85. The third-order valence-electron chi connectivity index (χ3n) is 3.23. The Kier molecular flexibility index (Phi) is 1.79. The molecule has 0 bridgehead atoms. The van der Waals surface area contributed by atoms with Gasteiger partial charge in [-0.2, -0.15) is 0 Å². The minimum absolute atomic E-state index is 0.124. The molecule has 2 aromatic rings. The third-order valence-corrected chi connectivity index (χ3v) is 3.23. The van der Waals surface area contributed by atoms with Gasteiger partial charge in [0.2, 0.25) is 0 Å². The standard InChI is InChI=1S/C11H14N4/c12-11(3-4-11)2-1-8-5-14-10-9(8)6-13-7-15-10/h5-7H,1-4,12H2,(H,13,14,15). The van der Waals surface area contributed by atoms with Gasteiger partial charge >= 0.3 is 0 Å². The zero-order valence-corrected chi connectivity index (χ0v) is 8.53. The molecule has 0 atom stereocenters. The number of rotatable bonds is 3. The van der Waals surface area contributed by atoms with E-state index < -0.39 is 0 Å². The molecular formula is C11H14N4. The van der Waals surface area contributed by atoms with Crippen LogP contribution in [0.3, 0.4) is 0 Å². The van der Waals surface area contributed by atoms with Gasteiger partial charge < -0.3 is 10.7 Å². The van der Waals surface area contributed by atoms with Gasteiger partial charge in [0.25, 0.3) is 0 Å². The van der Waals surface area contributed by atoms with Crippen LogP contribution < -0.4 is 5.73 Å².